The van der Waals surface area contributed by atoms with Crippen LogP contribution in [-0.2, 0) is 14.3 Å². The number of hydrogen-bond donors (Lipinski definition) is 2. The first-order valence-corrected chi connectivity index (χ1v) is 9.80. The van der Waals surface area contributed by atoms with Gasteiger partial charge in [-0.3, -0.25) is 4.79 Å². The fraction of sp³-hybridized carbons (Fsp3) is 0.895. The van der Waals surface area contributed by atoms with Gasteiger partial charge in [0.2, 0.25) is 0 Å². The SMILES string of the molecule is CCNC(=NCC(=O)OC(C)(C)C)NC1CCN(CCOC(C)C)CC1.I. The van der Waals surface area contributed by atoms with Crippen molar-refractivity contribution in [2.75, 3.05) is 39.3 Å². The molecule has 0 amide bonds. The summed E-state index contributed by atoms with van der Waals surface area (Å²) >= 11 is 0. The van der Waals surface area contributed by atoms with Crippen LogP contribution < -0.4 is 10.6 Å². The molecule has 0 aromatic rings. The average Bonchev–Trinajstić information content (AvgIpc) is 2.52. The van der Waals surface area contributed by atoms with Crippen LogP contribution >= 0.6 is 24.0 Å². The second-order valence-electron chi connectivity index (χ2n) is 7.96. The maximum absolute atomic E-state index is 11.8. The summed E-state index contributed by atoms with van der Waals surface area (Å²) in [6.07, 6.45) is 2.40. The summed E-state index contributed by atoms with van der Waals surface area (Å²) in [6.45, 7) is 16.4. The monoisotopic (exact) mass is 498 g/mol. The van der Waals surface area contributed by atoms with Gasteiger partial charge in [-0.05, 0) is 54.4 Å². The van der Waals surface area contributed by atoms with Crippen LogP contribution in [0.2, 0.25) is 0 Å². The minimum atomic E-state index is -0.482. The number of carbonyl (C=O) groups is 1. The molecule has 1 aliphatic rings. The van der Waals surface area contributed by atoms with Crippen molar-refractivity contribution in [2.24, 2.45) is 4.99 Å². The van der Waals surface area contributed by atoms with Gasteiger partial charge < -0.3 is 25.0 Å². The summed E-state index contributed by atoms with van der Waals surface area (Å²) in [5, 5.41) is 6.65. The largest absolute Gasteiger partial charge is 0.459 e. The number of hydrogen-bond acceptors (Lipinski definition) is 5. The van der Waals surface area contributed by atoms with Crippen LogP contribution in [0.1, 0.15) is 54.4 Å². The van der Waals surface area contributed by atoms with E-state index in [1.165, 1.54) is 0 Å². The Morgan fingerprint density at radius 3 is 2.41 bits per heavy atom. The molecule has 0 aromatic heterocycles. The molecule has 0 unspecified atom stereocenters. The molecule has 160 valence electrons. The van der Waals surface area contributed by atoms with Gasteiger partial charge in [0.15, 0.2) is 5.96 Å². The number of rotatable bonds is 8. The molecule has 0 spiro atoms. The fourth-order valence-electron chi connectivity index (χ4n) is 2.75. The molecule has 7 nitrogen and oxygen atoms in total. The molecule has 0 radical (unpaired) electrons. The van der Waals surface area contributed by atoms with Crippen LogP contribution in [0.15, 0.2) is 4.99 Å². The Bertz CT molecular complexity index is 445. The Morgan fingerprint density at radius 1 is 1.26 bits per heavy atom. The molecule has 1 rings (SSSR count). The van der Waals surface area contributed by atoms with E-state index < -0.39 is 5.60 Å². The average molecular weight is 498 g/mol. The third kappa shape index (κ3) is 13.2. The smallest absolute Gasteiger partial charge is 0.328 e. The molecule has 1 fully saturated rings. The number of nitrogens with zero attached hydrogens (tertiary/aromatic N) is 2. The van der Waals surface area contributed by atoms with Crippen LogP contribution in [0.4, 0.5) is 0 Å². The highest BCUT2D eigenvalue weighted by Gasteiger charge is 2.20. The topological polar surface area (TPSA) is 75.2 Å². The maximum atomic E-state index is 11.8. The van der Waals surface area contributed by atoms with Crippen molar-refractivity contribution >= 4 is 35.9 Å². The third-order valence-corrected chi connectivity index (χ3v) is 3.92. The number of guanidine groups is 1. The summed E-state index contributed by atoms with van der Waals surface area (Å²) in [6, 6.07) is 0.369. The zero-order valence-electron chi connectivity index (χ0n) is 17.8. The Kier molecular flexibility index (Phi) is 13.2. The van der Waals surface area contributed by atoms with Crippen molar-refractivity contribution in [2.45, 2.75) is 72.1 Å². The molecule has 1 saturated heterocycles. The van der Waals surface area contributed by atoms with E-state index in [1.807, 2.05) is 27.7 Å². The van der Waals surface area contributed by atoms with E-state index in [-0.39, 0.29) is 42.6 Å². The molecule has 1 aliphatic heterocycles. The van der Waals surface area contributed by atoms with Crippen LogP contribution in [0, 0.1) is 0 Å². The number of carbonyl (C=O) groups excluding carboxylic acids is 1. The maximum Gasteiger partial charge on any atom is 0.328 e. The minimum Gasteiger partial charge on any atom is -0.459 e. The molecule has 1 heterocycles. The van der Waals surface area contributed by atoms with E-state index in [0.717, 1.165) is 45.6 Å². The normalized spacial score (nSPS) is 16.8. The first kappa shape index (κ1) is 26.4. The number of piperidine rings is 1. The summed E-state index contributed by atoms with van der Waals surface area (Å²) < 4.78 is 10.9. The molecular weight excluding hydrogens is 459 g/mol. The van der Waals surface area contributed by atoms with Crippen LogP contribution in [-0.4, -0.2) is 73.9 Å². The summed E-state index contributed by atoms with van der Waals surface area (Å²) in [7, 11) is 0. The fourth-order valence-corrected chi connectivity index (χ4v) is 2.75. The molecule has 0 aliphatic carbocycles. The lowest BCUT2D eigenvalue weighted by molar-refractivity contribution is -0.152. The van der Waals surface area contributed by atoms with Gasteiger partial charge in [-0.25, -0.2) is 4.99 Å². The predicted octanol–water partition coefficient (Wildman–Crippen LogP) is 2.39. The highest BCUT2D eigenvalue weighted by Crippen LogP contribution is 2.10. The molecule has 0 saturated carbocycles. The lowest BCUT2D eigenvalue weighted by Crippen LogP contribution is -2.49. The zero-order chi connectivity index (χ0) is 19.6. The quantitative estimate of drug-likeness (QED) is 0.232. The molecule has 0 atom stereocenters. The van der Waals surface area contributed by atoms with Crippen molar-refractivity contribution < 1.29 is 14.3 Å². The van der Waals surface area contributed by atoms with E-state index in [1.54, 1.807) is 0 Å². The number of esters is 1. The highest BCUT2D eigenvalue weighted by molar-refractivity contribution is 14.0. The Labute approximate surface area is 182 Å². The summed E-state index contributed by atoms with van der Waals surface area (Å²) in [5.41, 5.74) is -0.482. The van der Waals surface area contributed by atoms with E-state index in [0.29, 0.717) is 12.0 Å². The Hall–Kier alpha value is -0.610. The first-order chi connectivity index (χ1) is 12.2. The van der Waals surface area contributed by atoms with Gasteiger partial charge in [-0.1, -0.05) is 0 Å². The minimum absolute atomic E-state index is 0. The highest BCUT2D eigenvalue weighted by atomic mass is 127. The molecule has 0 bridgehead atoms. The Balaban J connectivity index is 0.00000676. The molecular formula is C19H39IN4O3. The van der Waals surface area contributed by atoms with Crippen LogP contribution in [0.3, 0.4) is 0 Å². The van der Waals surface area contributed by atoms with Crippen molar-refractivity contribution in [1.82, 2.24) is 15.5 Å². The standard InChI is InChI=1S/C19H38N4O3.HI/c1-7-20-18(21-14-17(24)26-19(4,5)6)22-16-8-10-23(11-9-16)12-13-25-15(2)3;/h15-16H,7-14H2,1-6H3,(H2,20,21,22);1H. The number of ether oxygens (including phenoxy) is 2. The second-order valence-corrected chi connectivity index (χ2v) is 7.96. The van der Waals surface area contributed by atoms with E-state index in [4.69, 9.17) is 9.47 Å². The molecule has 8 heteroatoms. The van der Waals surface area contributed by atoms with E-state index in [9.17, 15) is 4.79 Å². The lowest BCUT2D eigenvalue weighted by atomic mass is 10.1. The first-order valence-electron chi connectivity index (χ1n) is 9.80. The van der Waals surface area contributed by atoms with Gasteiger partial charge in [0, 0.05) is 32.2 Å². The van der Waals surface area contributed by atoms with Gasteiger partial charge in [0.1, 0.15) is 12.1 Å². The Morgan fingerprint density at radius 2 is 1.89 bits per heavy atom. The van der Waals surface area contributed by atoms with E-state index in [2.05, 4.69) is 34.4 Å². The number of likely N-dealkylation sites (tertiary alicyclic amines) is 1. The van der Waals surface area contributed by atoms with Gasteiger partial charge in [-0.15, -0.1) is 24.0 Å². The predicted molar refractivity (Wildman–Crippen MR) is 121 cm³/mol. The van der Waals surface area contributed by atoms with Crippen molar-refractivity contribution in [3.8, 4) is 0 Å². The third-order valence-electron chi connectivity index (χ3n) is 3.92. The van der Waals surface area contributed by atoms with Gasteiger partial charge in [0.05, 0.1) is 12.7 Å². The van der Waals surface area contributed by atoms with Gasteiger partial charge in [0.25, 0.3) is 0 Å². The van der Waals surface area contributed by atoms with E-state index >= 15 is 0 Å². The van der Waals surface area contributed by atoms with Crippen LogP contribution in [0.25, 0.3) is 0 Å². The number of halogens is 1. The zero-order valence-corrected chi connectivity index (χ0v) is 20.2. The molecule has 27 heavy (non-hydrogen) atoms. The van der Waals surface area contributed by atoms with Crippen molar-refractivity contribution in [1.29, 1.82) is 0 Å². The summed E-state index contributed by atoms with van der Waals surface area (Å²) in [5.74, 6) is 0.370. The van der Waals surface area contributed by atoms with Gasteiger partial charge >= 0.3 is 5.97 Å². The number of aliphatic imine (C=N–C) groups is 1. The van der Waals surface area contributed by atoms with Crippen molar-refractivity contribution in [3.05, 3.63) is 0 Å². The summed E-state index contributed by atoms with van der Waals surface area (Å²) in [4.78, 5) is 18.6. The number of nitrogens with one attached hydrogen (secondary N) is 2. The molecule has 0 aromatic carbocycles. The second kappa shape index (κ2) is 13.5. The van der Waals surface area contributed by atoms with Crippen molar-refractivity contribution in [3.63, 3.8) is 0 Å². The lowest BCUT2D eigenvalue weighted by Gasteiger charge is -2.33. The molecule has 2 N–H and O–H groups in total. The van der Waals surface area contributed by atoms with Crippen LogP contribution in [0.5, 0.6) is 0 Å². The van der Waals surface area contributed by atoms with Gasteiger partial charge in [-0.2, -0.15) is 0 Å².